The fourth-order valence-corrected chi connectivity index (χ4v) is 2.63. The molecule has 0 atom stereocenters. The molecule has 7 heteroatoms. The Morgan fingerprint density at radius 2 is 2.24 bits per heavy atom. The number of aromatic nitrogens is 3. The average Bonchev–Trinajstić information content (AvgIpc) is 3.01. The molecule has 112 valence electrons. The predicted molar refractivity (Wildman–Crippen MR) is 77.0 cm³/mol. The van der Waals surface area contributed by atoms with Gasteiger partial charge in [-0.3, -0.25) is 9.88 Å². The molecule has 1 aliphatic heterocycles. The zero-order chi connectivity index (χ0) is 14.5. The molecule has 1 fully saturated rings. The molecule has 0 spiro atoms. The second-order valence-corrected chi connectivity index (χ2v) is 5.58. The van der Waals surface area contributed by atoms with E-state index in [1.165, 1.54) is 6.39 Å². The summed E-state index contributed by atoms with van der Waals surface area (Å²) in [7, 11) is 0. The van der Waals surface area contributed by atoms with Gasteiger partial charge in [-0.1, -0.05) is 11.6 Å². The molecule has 0 aliphatic carbocycles. The van der Waals surface area contributed by atoms with Gasteiger partial charge in [-0.05, 0) is 31.8 Å². The van der Waals surface area contributed by atoms with E-state index >= 15 is 0 Å². The maximum atomic E-state index is 6.03. The smallest absolute Gasteiger partial charge is 0.230 e. The van der Waals surface area contributed by atoms with Crippen LogP contribution in [-0.4, -0.2) is 39.8 Å². The lowest BCUT2D eigenvalue weighted by molar-refractivity contribution is 0.129. The average molecular weight is 309 g/mol. The Labute approximate surface area is 128 Å². The first-order valence-electron chi connectivity index (χ1n) is 7.01. The van der Waals surface area contributed by atoms with E-state index in [1.807, 2.05) is 0 Å². The third-order valence-corrected chi connectivity index (χ3v) is 3.96. The van der Waals surface area contributed by atoms with Crippen molar-refractivity contribution >= 4 is 11.6 Å². The van der Waals surface area contributed by atoms with E-state index in [-0.39, 0.29) is 0 Å². The highest BCUT2D eigenvalue weighted by atomic mass is 35.5. The van der Waals surface area contributed by atoms with Crippen molar-refractivity contribution in [2.45, 2.75) is 19.4 Å². The largest absolute Gasteiger partial charge is 0.492 e. The molecular formula is C14H17ClN4O2. The van der Waals surface area contributed by atoms with E-state index in [0.717, 1.165) is 32.5 Å². The summed E-state index contributed by atoms with van der Waals surface area (Å²) < 4.78 is 11.0. The molecule has 3 rings (SSSR count). The van der Waals surface area contributed by atoms with Crippen LogP contribution in [-0.2, 0) is 6.54 Å². The van der Waals surface area contributed by atoms with E-state index in [1.54, 1.807) is 18.5 Å². The molecule has 0 amide bonds. The monoisotopic (exact) mass is 308 g/mol. The van der Waals surface area contributed by atoms with Crippen LogP contribution in [0.5, 0.6) is 5.75 Å². The van der Waals surface area contributed by atoms with Gasteiger partial charge in [0, 0.05) is 18.5 Å². The van der Waals surface area contributed by atoms with Crippen molar-refractivity contribution in [3.05, 3.63) is 35.8 Å². The second-order valence-electron chi connectivity index (χ2n) is 5.17. The van der Waals surface area contributed by atoms with E-state index in [9.17, 15) is 0 Å². The van der Waals surface area contributed by atoms with Gasteiger partial charge in [0.15, 0.2) is 0 Å². The van der Waals surface area contributed by atoms with Crippen LogP contribution in [0.15, 0.2) is 29.3 Å². The summed E-state index contributed by atoms with van der Waals surface area (Å²) in [5.74, 6) is 1.93. The van der Waals surface area contributed by atoms with Gasteiger partial charge in [0.05, 0.1) is 13.2 Å². The van der Waals surface area contributed by atoms with Crippen LogP contribution in [0.25, 0.3) is 0 Å². The maximum Gasteiger partial charge on any atom is 0.230 e. The van der Waals surface area contributed by atoms with Crippen molar-refractivity contribution in [2.75, 3.05) is 19.7 Å². The van der Waals surface area contributed by atoms with Crippen molar-refractivity contribution in [1.29, 1.82) is 0 Å². The minimum atomic E-state index is 0.549. The van der Waals surface area contributed by atoms with Gasteiger partial charge in [0.25, 0.3) is 0 Å². The van der Waals surface area contributed by atoms with Gasteiger partial charge in [-0.15, -0.1) is 10.2 Å². The molecule has 0 unspecified atom stereocenters. The number of ether oxygens (including phenoxy) is 1. The van der Waals surface area contributed by atoms with Crippen LogP contribution in [0.2, 0.25) is 5.02 Å². The van der Waals surface area contributed by atoms with Crippen LogP contribution < -0.4 is 4.74 Å². The first-order chi connectivity index (χ1) is 10.3. The number of hydrogen-bond acceptors (Lipinski definition) is 6. The third-order valence-electron chi connectivity index (χ3n) is 3.68. The summed E-state index contributed by atoms with van der Waals surface area (Å²) in [5.41, 5.74) is 0. The molecule has 2 aromatic heterocycles. The first-order valence-corrected chi connectivity index (χ1v) is 7.39. The summed E-state index contributed by atoms with van der Waals surface area (Å²) in [6, 6.07) is 1.80. The molecular weight excluding hydrogens is 292 g/mol. The third kappa shape index (κ3) is 3.92. The number of piperidine rings is 1. The molecule has 2 aromatic rings. The van der Waals surface area contributed by atoms with Gasteiger partial charge >= 0.3 is 0 Å². The molecule has 1 saturated heterocycles. The molecule has 0 radical (unpaired) electrons. The normalized spacial score (nSPS) is 17.0. The van der Waals surface area contributed by atoms with Crippen LogP contribution in [0.4, 0.5) is 0 Å². The number of rotatable bonds is 5. The molecule has 3 heterocycles. The minimum Gasteiger partial charge on any atom is -0.492 e. The Bertz CT molecular complexity index is 556. The fourth-order valence-electron chi connectivity index (χ4n) is 2.45. The van der Waals surface area contributed by atoms with Crippen molar-refractivity contribution < 1.29 is 9.15 Å². The van der Waals surface area contributed by atoms with E-state index in [2.05, 4.69) is 20.1 Å². The number of halogens is 1. The minimum absolute atomic E-state index is 0.549. The van der Waals surface area contributed by atoms with Crippen LogP contribution in [0.3, 0.4) is 0 Å². The fraction of sp³-hybridized carbons (Fsp3) is 0.500. The van der Waals surface area contributed by atoms with E-state index in [4.69, 9.17) is 20.8 Å². The summed E-state index contributed by atoms with van der Waals surface area (Å²) in [6.45, 7) is 3.45. The molecule has 0 N–H and O–H groups in total. The van der Waals surface area contributed by atoms with E-state index in [0.29, 0.717) is 29.2 Å². The Hall–Kier alpha value is -1.66. The number of pyridine rings is 1. The summed E-state index contributed by atoms with van der Waals surface area (Å²) in [6.07, 6.45) is 6.85. The number of nitrogens with zero attached hydrogens (tertiary/aromatic N) is 4. The van der Waals surface area contributed by atoms with E-state index < -0.39 is 0 Å². The lowest BCUT2D eigenvalue weighted by atomic mass is 9.98. The standard InChI is InChI=1S/C14H17ClN4O2/c15-12-7-16-4-1-13(12)20-9-11-2-5-19(6-3-11)8-14-18-17-10-21-14/h1,4,7,10-11H,2-3,5-6,8-9H2. The van der Waals surface area contributed by atoms with Crippen molar-refractivity contribution in [1.82, 2.24) is 20.1 Å². The van der Waals surface area contributed by atoms with Gasteiger partial charge in [0.1, 0.15) is 10.8 Å². The van der Waals surface area contributed by atoms with Crippen LogP contribution in [0, 0.1) is 5.92 Å². The molecule has 1 aliphatic rings. The van der Waals surface area contributed by atoms with Crippen molar-refractivity contribution in [2.24, 2.45) is 5.92 Å². The topological polar surface area (TPSA) is 64.3 Å². The van der Waals surface area contributed by atoms with Gasteiger partial charge < -0.3 is 9.15 Å². The Morgan fingerprint density at radius 3 is 2.95 bits per heavy atom. The van der Waals surface area contributed by atoms with Crippen LogP contribution in [0.1, 0.15) is 18.7 Å². The number of likely N-dealkylation sites (tertiary alicyclic amines) is 1. The van der Waals surface area contributed by atoms with Crippen molar-refractivity contribution in [3.63, 3.8) is 0 Å². The van der Waals surface area contributed by atoms with Crippen LogP contribution >= 0.6 is 11.6 Å². The molecule has 0 bridgehead atoms. The summed E-state index contributed by atoms with van der Waals surface area (Å²) in [5, 5.41) is 8.17. The Kier molecular flexibility index (Phi) is 4.67. The maximum absolute atomic E-state index is 6.03. The van der Waals surface area contributed by atoms with Gasteiger partial charge in [-0.2, -0.15) is 0 Å². The quantitative estimate of drug-likeness (QED) is 0.845. The van der Waals surface area contributed by atoms with Gasteiger partial charge in [-0.25, -0.2) is 0 Å². The zero-order valence-corrected chi connectivity index (χ0v) is 12.4. The molecule has 6 nitrogen and oxygen atoms in total. The Balaban J connectivity index is 1.43. The summed E-state index contributed by atoms with van der Waals surface area (Å²) >= 11 is 6.03. The molecule has 0 aromatic carbocycles. The SMILES string of the molecule is Clc1cnccc1OCC1CCN(Cc2nnco2)CC1. The molecule has 21 heavy (non-hydrogen) atoms. The molecule has 0 saturated carbocycles. The predicted octanol–water partition coefficient (Wildman–Crippen LogP) is 2.41. The lowest BCUT2D eigenvalue weighted by Gasteiger charge is -2.30. The zero-order valence-electron chi connectivity index (χ0n) is 11.6. The first kappa shape index (κ1) is 14.3. The Morgan fingerprint density at radius 1 is 1.38 bits per heavy atom. The highest BCUT2D eigenvalue weighted by molar-refractivity contribution is 6.31. The van der Waals surface area contributed by atoms with Gasteiger partial charge in [0.2, 0.25) is 12.3 Å². The summed E-state index contributed by atoms with van der Waals surface area (Å²) in [4.78, 5) is 6.27. The second kappa shape index (κ2) is 6.87. The highest BCUT2D eigenvalue weighted by Gasteiger charge is 2.21. The lowest BCUT2D eigenvalue weighted by Crippen LogP contribution is -2.35. The van der Waals surface area contributed by atoms with Crippen molar-refractivity contribution in [3.8, 4) is 5.75 Å². The highest BCUT2D eigenvalue weighted by Crippen LogP contribution is 2.25. The number of hydrogen-bond donors (Lipinski definition) is 0.